The number of anilines is 2. The summed E-state index contributed by atoms with van der Waals surface area (Å²) in [6.45, 7) is 0. The van der Waals surface area contributed by atoms with Crippen molar-refractivity contribution in [3.8, 4) is 0 Å². The average molecular weight is 410 g/mol. The Morgan fingerprint density at radius 2 is 1.30 bits per heavy atom. The zero-order valence-electron chi connectivity index (χ0n) is 15.2. The molecule has 8 heteroatoms. The minimum Gasteiger partial charge on any atom is -0.321 e. The fraction of sp³-hybridized carbons (Fsp3) is 0.0455. The van der Waals surface area contributed by atoms with Gasteiger partial charge >= 0.3 is 6.18 Å². The molecular weight excluding hydrogens is 397 g/mol. The Labute approximate surface area is 168 Å². The second-order valence-corrected chi connectivity index (χ2v) is 6.51. The molecule has 0 radical (unpaired) electrons. The number of hydrogen-bond acceptors (Lipinski definition) is 3. The van der Waals surface area contributed by atoms with Crippen molar-refractivity contribution in [3.63, 3.8) is 0 Å². The lowest BCUT2D eigenvalue weighted by Crippen LogP contribution is -2.31. The minimum absolute atomic E-state index is 0.00862. The number of carbonyl (C=O) groups is 3. The Kier molecular flexibility index (Phi) is 4.62. The third-order valence-corrected chi connectivity index (χ3v) is 4.66. The first-order valence-corrected chi connectivity index (χ1v) is 8.83. The number of carbonyl (C=O) groups excluding carboxylic acids is 3. The van der Waals surface area contributed by atoms with Crippen molar-refractivity contribution in [2.24, 2.45) is 0 Å². The van der Waals surface area contributed by atoms with Crippen LogP contribution in [0.3, 0.4) is 0 Å². The maximum atomic E-state index is 13.2. The number of halogens is 3. The molecular formula is C22H13F3N2O3. The van der Waals surface area contributed by atoms with Crippen molar-refractivity contribution in [3.05, 3.63) is 95.1 Å². The Hall–Kier alpha value is -3.94. The van der Waals surface area contributed by atoms with Crippen LogP contribution in [-0.4, -0.2) is 17.7 Å². The van der Waals surface area contributed by atoms with Crippen molar-refractivity contribution in [2.75, 3.05) is 10.2 Å². The van der Waals surface area contributed by atoms with E-state index in [1.165, 1.54) is 48.5 Å². The molecule has 0 fully saturated rings. The van der Waals surface area contributed by atoms with Gasteiger partial charge < -0.3 is 5.32 Å². The third kappa shape index (κ3) is 3.22. The van der Waals surface area contributed by atoms with E-state index in [1.807, 2.05) is 0 Å². The third-order valence-electron chi connectivity index (χ3n) is 4.66. The van der Waals surface area contributed by atoms with Crippen LogP contribution in [0.15, 0.2) is 72.8 Å². The molecule has 3 aromatic carbocycles. The molecule has 1 heterocycles. The number of hydrogen-bond donors (Lipinski definition) is 1. The van der Waals surface area contributed by atoms with Gasteiger partial charge in [0.2, 0.25) is 0 Å². The van der Waals surface area contributed by atoms with Gasteiger partial charge in [-0.15, -0.1) is 0 Å². The number of para-hydroxylation sites is 2. The van der Waals surface area contributed by atoms with E-state index in [9.17, 15) is 27.6 Å². The number of benzene rings is 3. The molecule has 30 heavy (non-hydrogen) atoms. The lowest BCUT2D eigenvalue weighted by molar-refractivity contribution is -0.136. The van der Waals surface area contributed by atoms with Gasteiger partial charge in [-0.3, -0.25) is 14.4 Å². The van der Waals surface area contributed by atoms with Gasteiger partial charge in [0.15, 0.2) is 0 Å². The van der Waals surface area contributed by atoms with Crippen molar-refractivity contribution in [1.82, 2.24) is 0 Å². The van der Waals surface area contributed by atoms with Crippen molar-refractivity contribution in [2.45, 2.75) is 6.18 Å². The highest BCUT2D eigenvalue weighted by Crippen LogP contribution is 2.36. The first-order chi connectivity index (χ1) is 14.3. The molecule has 150 valence electrons. The van der Waals surface area contributed by atoms with E-state index in [0.717, 1.165) is 17.0 Å². The molecule has 1 aliphatic rings. The second kappa shape index (κ2) is 7.14. The Morgan fingerprint density at radius 1 is 0.767 bits per heavy atom. The molecule has 1 aliphatic heterocycles. The highest BCUT2D eigenvalue weighted by Gasteiger charge is 2.38. The SMILES string of the molecule is O=C(Nc1ccccc1C(F)(F)F)c1ccccc1N1C(=O)c2ccccc2C1=O. The van der Waals surface area contributed by atoms with Crippen LogP contribution < -0.4 is 10.2 Å². The van der Waals surface area contributed by atoms with E-state index in [1.54, 1.807) is 12.1 Å². The van der Waals surface area contributed by atoms with Gasteiger partial charge in [0.05, 0.1) is 33.6 Å². The van der Waals surface area contributed by atoms with E-state index in [2.05, 4.69) is 5.32 Å². The summed E-state index contributed by atoms with van der Waals surface area (Å²) in [5.74, 6) is -2.09. The Bertz CT molecular complexity index is 1150. The molecule has 0 aliphatic carbocycles. The second-order valence-electron chi connectivity index (χ2n) is 6.51. The summed E-state index contributed by atoms with van der Waals surface area (Å²) in [5.41, 5.74) is -1.15. The van der Waals surface area contributed by atoms with Crippen LogP contribution in [0.1, 0.15) is 36.6 Å². The van der Waals surface area contributed by atoms with Crippen molar-refractivity contribution in [1.29, 1.82) is 0 Å². The van der Waals surface area contributed by atoms with Gasteiger partial charge in [-0.05, 0) is 36.4 Å². The van der Waals surface area contributed by atoms with E-state index in [-0.39, 0.29) is 22.4 Å². The van der Waals surface area contributed by atoms with Crippen LogP contribution in [-0.2, 0) is 6.18 Å². The van der Waals surface area contributed by atoms with Crippen molar-refractivity contribution >= 4 is 29.1 Å². The molecule has 1 N–H and O–H groups in total. The largest absolute Gasteiger partial charge is 0.418 e. The number of nitrogens with one attached hydrogen (secondary N) is 1. The first kappa shape index (κ1) is 19.4. The molecule has 4 rings (SSSR count). The van der Waals surface area contributed by atoms with Crippen LogP contribution >= 0.6 is 0 Å². The van der Waals surface area contributed by atoms with Crippen LogP contribution in [0.4, 0.5) is 24.5 Å². The minimum atomic E-state index is -4.66. The number of nitrogens with zero attached hydrogens (tertiary/aromatic N) is 1. The molecule has 0 bridgehead atoms. The predicted octanol–water partition coefficient (Wildman–Crippen LogP) is 4.76. The van der Waals surface area contributed by atoms with Crippen LogP contribution in [0.5, 0.6) is 0 Å². The lowest BCUT2D eigenvalue weighted by atomic mass is 10.1. The molecule has 0 atom stereocenters. The number of rotatable bonds is 3. The van der Waals surface area contributed by atoms with Gasteiger partial charge in [-0.2, -0.15) is 13.2 Å². The molecule has 0 saturated carbocycles. The lowest BCUT2D eigenvalue weighted by Gasteiger charge is -2.19. The van der Waals surface area contributed by atoms with Crippen LogP contribution in [0.25, 0.3) is 0 Å². The molecule has 0 spiro atoms. The number of amides is 3. The van der Waals surface area contributed by atoms with Gasteiger partial charge in [0.25, 0.3) is 17.7 Å². The smallest absolute Gasteiger partial charge is 0.321 e. The van der Waals surface area contributed by atoms with Gasteiger partial charge in [-0.25, -0.2) is 4.90 Å². The maximum absolute atomic E-state index is 13.2. The van der Waals surface area contributed by atoms with Crippen molar-refractivity contribution < 1.29 is 27.6 Å². The Morgan fingerprint density at radius 3 is 1.93 bits per heavy atom. The summed E-state index contributed by atoms with van der Waals surface area (Å²) in [6.07, 6.45) is -4.66. The van der Waals surface area contributed by atoms with Crippen LogP contribution in [0, 0.1) is 0 Å². The van der Waals surface area contributed by atoms with E-state index in [4.69, 9.17) is 0 Å². The summed E-state index contributed by atoms with van der Waals surface area (Å²) in [5, 5.41) is 2.24. The molecule has 3 aromatic rings. The first-order valence-electron chi connectivity index (χ1n) is 8.83. The fourth-order valence-electron chi connectivity index (χ4n) is 3.30. The topological polar surface area (TPSA) is 66.5 Å². The summed E-state index contributed by atoms with van der Waals surface area (Å²) in [6, 6.07) is 16.5. The standard InChI is InChI=1S/C22H13F3N2O3/c23-22(24,25)16-10-4-5-11-17(16)26-19(28)15-9-3-6-12-18(15)27-20(29)13-7-1-2-8-14(13)21(27)30/h1-12H,(H,26,28). The molecule has 0 saturated heterocycles. The molecule has 0 unspecified atom stereocenters. The number of imide groups is 1. The zero-order valence-corrected chi connectivity index (χ0v) is 15.2. The average Bonchev–Trinajstić information content (AvgIpc) is 2.98. The highest BCUT2D eigenvalue weighted by molar-refractivity contribution is 6.35. The summed E-state index contributed by atoms with van der Waals surface area (Å²) in [7, 11) is 0. The Balaban J connectivity index is 1.72. The summed E-state index contributed by atoms with van der Waals surface area (Å²) in [4.78, 5) is 39.2. The highest BCUT2D eigenvalue weighted by atomic mass is 19.4. The molecule has 3 amide bonds. The molecule has 0 aromatic heterocycles. The number of fused-ring (bicyclic) bond motifs is 1. The van der Waals surface area contributed by atoms with Gasteiger partial charge in [-0.1, -0.05) is 36.4 Å². The van der Waals surface area contributed by atoms with Gasteiger partial charge in [0.1, 0.15) is 0 Å². The van der Waals surface area contributed by atoms with E-state index in [0.29, 0.717) is 0 Å². The van der Waals surface area contributed by atoms with Crippen LogP contribution in [0.2, 0.25) is 0 Å². The van der Waals surface area contributed by atoms with Gasteiger partial charge in [0, 0.05) is 0 Å². The maximum Gasteiger partial charge on any atom is 0.418 e. The summed E-state index contributed by atoms with van der Waals surface area (Å²) < 4.78 is 39.7. The normalized spacial score (nSPS) is 13.4. The quantitative estimate of drug-likeness (QED) is 0.634. The summed E-state index contributed by atoms with van der Waals surface area (Å²) >= 11 is 0. The zero-order chi connectivity index (χ0) is 21.5. The van der Waals surface area contributed by atoms with E-state index < -0.39 is 35.1 Å². The number of alkyl halides is 3. The fourth-order valence-corrected chi connectivity index (χ4v) is 3.30. The molecule has 5 nitrogen and oxygen atoms in total. The predicted molar refractivity (Wildman–Crippen MR) is 103 cm³/mol. The monoisotopic (exact) mass is 410 g/mol. The van der Waals surface area contributed by atoms with E-state index >= 15 is 0 Å².